The van der Waals surface area contributed by atoms with Crippen LogP contribution >= 0.6 is 55.6 Å². The normalized spacial score (nSPS) is 10.4. The maximum absolute atomic E-state index is 10.7. The van der Waals surface area contributed by atoms with Crippen molar-refractivity contribution in [1.82, 2.24) is 0 Å². The third-order valence-corrected chi connectivity index (χ3v) is 10.6. The summed E-state index contributed by atoms with van der Waals surface area (Å²) in [5.74, 6) is 0. The van der Waals surface area contributed by atoms with E-state index in [9.17, 15) is 14.7 Å². The summed E-state index contributed by atoms with van der Waals surface area (Å²) in [5, 5.41) is 17.1. The molecule has 0 saturated carbocycles. The first-order chi connectivity index (χ1) is 24.8. The molecule has 6 aromatic carbocycles. The van der Waals surface area contributed by atoms with Gasteiger partial charge in [0, 0.05) is 96.2 Å². The summed E-state index contributed by atoms with van der Waals surface area (Å²) in [6.45, 7) is 2.78. The van der Waals surface area contributed by atoms with Gasteiger partial charge >= 0.3 is 7.82 Å². The van der Waals surface area contributed by atoms with Crippen LogP contribution in [-0.4, -0.2) is 54.1 Å². The molecule has 0 saturated heterocycles. The molecule has 0 heterocycles. The Morgan fingerprint density at radius 3 is 1.40 bits per heavy atom. The molecular formula is C38H43Br3N3O7P. The van der Waals surface area contributed by atoms with Crippen molar-refractivity contribution in [2.45, 2.75) is 6.92 Å². The van der Waals surface area contributed by atoms with E-state index in [0.29, 0.717) is 5.39 Å². The molecule has 6 rings (SSSR count). The van der Waals surface area contributed by atoms with Gasteiger partial charge in [-0.1, -0.05) is 115 Å². The highest BCUT2D eigenvalue weighted by Gasteiger charge is 2.19. The molecule has 0 radical (unpaired) electrons. The molecular weight excluding hydrogens is 881 g/mol. The largest absolute Gasteiger partial charge is 0.473 e. The van der Waals surface area contributed by atoms with E-state index in [1.165, 1.54) is 43.9 Å². The lowest BCUT2D eigenvalue weighted by Gasteiger charge is -2.15. The molecule has 2 N–H and O–H groups in total. The second-order valence-electron chi connectivity index (χ2n) is 10.6. The van der Waals surface area contributed by atoms with E-state index in [0.717, 1.165) is 41.9 Å². The van der Waals surface area contributed by atoms with Gasteiger partial charge in [0.25, 0.3) is 5.69 Å². The highest BCUT2D eigenvalue weighted by atomic mass is 79.9. The van der Waals surface area contributed by atoms with E-state index in [1.54, 1.807) is 25.3 Å². The second-order valence-corrected chi connectivity index (χ2v) is 15.2. The first-order valence-corrected chi connectivity index (χ1v) is 19.5. The van der Waals surface area contributed by atoms with Gasteiger partial charge in [-0.05, 0) is 54.1 Å². The maximum atomic E-state index is 10.7. The first-order valence-electron chi connectivity index (χ1n) is 15.6. The lowest BCUT2D eigenvalue weighted by Crippen LogP contribution is -2.08. The van der Waals surface area contributed by atoms with Crippen molar-refractivity contribution >= 4 is 105 Å². The number of nitrogens with two attached hydrogens (primary N) is 1. The number of halogens is 3. The Morgan fingerprint density at radius 1 is 0.635 bits per heavy atom. The third-order valence-electron chi connectivity index (χ3n) is 7.23. The van der Waals surface area contributed by atoms with Gasteiger partial charge in [0.2, 0.25) is 0 Å². The lowest BCUT2D eigenvalue weighted by molar-refractivity contribution is -0.383. The van der Waals surface area contributed by atoms with Crippen molar-refractivity contribution in [3.63, 3.8) is 0 Å². The molecule has 0 spiro atoms. The fourth-order valence-electron chi connectivity index (χ4n) is 4.58. The molecule has 0 bridgehead atoms. The number of nitrogens with zero attached hydrogens (tertiary/aromatic N) is 2. The molecule has 6 aromatic rings. The number of anilines is 2. The Bertz CT molecular complexity index is 2040. The van der Waals surface area contributed by atoms with E-state index in [2.05, 4.69) is 128 Å². The van der Waals surface area contributed by atoms with Gasteiger partial charge in [-0.15, -0.1) is 0 Å². The van der Waals surface area contributed by atoms with E-state index in [4.69, 9.17) is 5.73 Å². The van der Waals surface area contributed by atoms with Gasteiger partial charge in [0.15, 0.2) is 0 Å². The van der Waals surface area contributed by atoms with Crippen LogP contribution in [0.25, 0.3) is 32.3 Å². The topological polar surface area (TPSA) is 126 Å². The summed E-state index contributed by atoms with van der Waals surface area (Å²) < 4.78 is 31.4. The minimum absolute atomic E-state index is 0.142. The highest BCUT2D eigenvalue weighted by molar-refractivity contribution is 9.11. The van der Waals surface area contributed by atoms with Gasteiger partial charge in [-0.25, -0.2) is 4.57 Å². The molecule has 0 unspecified atom stereocenters. The molecule has 52 heavy (non-hydrogen) atoms. The fourth-order valence-corrected chi connectivity index (χ4v) is 6.52. The molecule has 0 aliphatic heterocycles. The number of hydrogen-bond acceptors (Lipinski definition) is 9. The molecule has 0 aliphatic rings. The van der Waals surface area contributed by atoms with Crippen LogP contribution < -0.4 is 10.6 Å². The predicted molar refractivity (Wildman–Crippen MR) is 227 cm³/mol. The number of nitro groups is 1. The minimum atomic E-state index is -3.16. The number of rotatable bonds is 6. The number of nitro benzene ring substituents is 1. The first kappa shape index (κ1) is 44.8. The molecule has 10 nitrogen and oxygen atoms in total. The predicted octanol–water partition coefficient (Wildman–Crippen LogP) is 12.0. The van der Waals surface area contributed by atoms with Crippen LogP contribution in [-0.2, 0) is 22.9 Å². The number of methoxy groups -OCH3 is 1. The number of phosphoric acid groups is 1. The zero-order valence-corrected chi connectivity index (χ0v) is 35.7. The van der Waals surface area contributed by atoms with Crippen molar-refractivity contribution in [2.75, 3.05) is 59.8 Å². The van der Waals surface area contributed by atoms with Crippen LogP contribution in [0.15, 0.2) is 123 Å². The fraction of sp³-hybridized carbons (Fsp3) is 0.211. The molecule has 0 aliphatic carbocycles. The average Bonchev–Trinajstić information content (AvgIpc) is 3.16. The monoisotopic (exact) mass is 921 g/mol. The number of phosphoric ester groups is 1. The Labute approximate surface area is 330 Å². The van der Waals surface area contributed by atoms with Crippen LogP contribution in [0.2, 0.25) is 0 Å². The lowest BCUT2D eigenvalue weighted by atomic mass is 10.1. The van der Waals surface area contributed by atoms with Crippen molar-refractivity contribution in [2.24, 2.45) is 0 Å². The van der Waals surface area contributed by atoms with E-state index in [1.807, 2.05) is 49.4 Å². The van der Waals surface area contributed by atoms with Crippen LogP contribution in [0.3, 0.4) is 0 Å². The molecule has 0 atom stereocenters. The summed E-state index contributed by atoms with van der Waals surface area (Å²) in [6, 6.07) is 35.0. The zero-order chi connectivity index (χ0) is 38.8. The molecule has 0 fully saturated rings. The summed E-state index contributed by atoms with van der Waals surface area (Å²) in [4.78, 5) is 12.5. The number of fused-ring (bicyclic) bond motifs is 3. The maximum Gasteiger partial charge on any atom is 0.473 e. The molecule has 0 amide bonds. The van der Waals surface area contributed by atoms with Gasteiger partial charge in [0.05, 0.1) is 10.3 Å². The molecule has 278 valence electrons. The quantitative estimate of drug-likeness (QED) is 0.0752. The average molecular weight is 924 g/mol. The van der Waals surface area contributed by atoms with Gasteiger partial charge in [-0.2, -0.15) is 0 Å². The zero-order valence-electron chi connectivity index (χ0n) is 30.0. The van der Waals surface area contributed by atoms with E-state index < -0.39 is 7.82 Å². The van der Waals surface area contributed by atoms with Crippen LogP contribution in [0.1, 0.15) is 6.92 Å². The number of hydrogen-bond donors (Lipinski definition) is 1. The van der Waals surface area contributed by atoms with E-state index in [-0.39, 0.29) is 10.6 Å². The van der Waals surface area contributed by atoms with Crippen molar-refractivity contribution < 1.29 is 27.8 Å². The van der Waals surface area contributed by atoms with Gasteiger partial charge < -0.3 is 15.4 Å². The van der Waals surface area contributed by atoms with Gasteiger partial charge in [-0.3, -0.25) is 23.7 Å². The highest BCUT2D eigenvalue weighted by Crippen LogP contribution is 2.46. The van der Waals surface area contributed by atoms with Crippen LogP contribution in [0.5, 0.6) is 0 Å². The Morgan fingerprint density at radius 2 is 1.00 bits per heavy atom. The van der Waals surface area contributed by atoms with Crippen molar-refractivity contribution in [1.29, 1.82) is 0 Å². The summed E-state index contributed by atoms with van der Waals surface area (Å²) in [5.41, 5.74) is 8.03. The number of non-ortho nitro benzene ring substituents is 1. The Balaban J connectivity index is 0.000000236. The summed E-state index contributed by atoms with van der Waals surface area (Å²) in [6.07, 6.45) is 0. The van der Waals surface area contributed by atoms with Crippen LogP contribution in [0, 0.1) is 10.1 Å². The van der Waals surface area contributed by atoms with Crippen molar-refractivity contribution in [3.8, 4) is 0 Å². The van der Waals surface area contributed by atoms with E-state index >= 15 is 0 Å². The molecule has 14 heteroatoms. The summed E-state index contributed by atoms with van der Waals surface area (Å²) >= 11 is 10.4. The van der Waals surface area contributed by atoms with Gasteiger partial charge in [0.1, 0.15) is 0 Å². The second kappa shape index (κ2) is 22.6. The van der Waals surface area contributed by atoms with Crippen LogP contribution in [0.4, 0.5) is 17.1 Å². The standard InChI is InChI=1S/C12H12BrN.C10H6BrNO2.C10H8BrN.C3H9O4P.C3H8O/c1-14(2)12-8-4-5-9-10(12)6-3-7-11(9)13;11-9-5-1-4-8-7(9)3-2-6-10(8)12(13)14;11-9-5-1-4-8-7(9)3-2-6-10(8)12;1-5-8(4,6-2)7-3;1-3-4-2/h3-8H,1-2H3;1-6H;1-6H,12H2;1-3H3;3H2,1-2H3. The smallest absolute Gasteiger partial charge is 0.398 e. The SMILES string of the molecule is CCOC.CN(C)c1cccc2c(Br)cccc12.COP(=O)(OC)OC.Nc1cccc2c(Br)cccc12.O=[N+]([O-])c1cccc2c(Br)cccc12. The number of ether oxygens (including phenoxy) is 1. The minimum Gasteiger partial charge on any atom is -0.398 e. The number of benzene rings is 6. The Hall–Kier alpha value is -3.39. The molecule has 0 aromatic heterocycles. The summed E-state index contributed by atoms with van der Waals surface area (Å²) in [7, 11) is 6.42. The Kier molecular flexibility index (Phi) is 19.5. The number of nitrogen functional groups attached to an aromatic ring is 1. The van der Waals surface area contributed by atoms with Crippen molar-refractivity contribution in [3.05, 3.63) is 133 Å². The third kappa shape index (κ3) is 12.9.